The van der Waals surface area contributed by atoms with Crippen LogP contribution in [0.1, 0.15) is 25.0 Å². The zero-order valence-corrected chi connectivity index (χ0v) is 8.96. The molecule has 14 heavy (non-hydrogen) atoms. The second-order valence-electron chi connectivity index (χ2n) is 3.86. The first kappa shape index (κ1) is 10.6. The zero-order chi connectivity index (χ0) is 10.6. The fraction of sp³-hybridized carbons (Fsp3) is 0.417. The molecule has 0 unspecified atom stereocenters. The van der Waals surface area contributed by atoms with Crippen LogP contribution < -0.4 is 5.32 Å². The van der Waals surface area contributed by atoms with Crippen molar-refractivity contribution in [2.45, 2.75) is 20.8 Å². The van der Waals surface area contributed by atoms with E-state index in [0.29, 0.717) is 5.92 Å². The Morgan fingerprint density at radius 2 is 2.14 bits per heavy atom. The maximum atomic E-state index is 8.84. The van der Waals surface area contributed by atoms with Gasteiger partial charge in [-0.2, -0.15) is 5.26 Å². The maximum absolute atomic E-state index is 8.84. The van der Waals surface area contributed by atoms with Gasteiger partial charge in [0.1, 0.15) is 0 Å². The van der Waals surface area contributed by atoms with Crippen LogP contribution in [0.2, 0.25) is 0 Å². The molecule has 0 atom stereocenters. The van der Waals surface area contributed by atoms with Gasteiger partial charge in [-0.1, -0.05) is 19.9 Å². The number of benzene rings is 1. The molecule has 0 saturated heterocycles. The van der Waals surface area contributed by atoms with E-state index in [1.807, 2.05) is 25.1 Å². The highest BCUT2D eigenvalue weighted by molar-refractivity contribution is 5.57. The van der Waals surface area contributed by atoms with E-state index in [4.69, 9.17) is 5.26 Å². The molecule has 0 aliphatic rings. The molecule has 2 heteroatoms. The molecular weight excluding hydrogens is 172 g/mol. The Morgan fingerprint density at radius 3 is 2.71 bits per heavy atom. The number of nitriles is 1. The number of nitrogens with zero attached hydrogens (tertiary/aromatic N) is 1. The summed E-state index contributed by atoms with van der Waals surface area (Å²) in [5.41, 5.74) is 2.85. The fourth-order valence-corrected chi connectivity index (χ4v) is 1.26. The fourth-order valence-electron chi connectivity index (χ4n) is 1.26. The minimum absolute atomic E-state index is 0.611. The molecule has 1 aromatic carbocycles. The summed E-state index contributed by atoms with van der Waals surface area (Å²) in [4.78, 5) is 0. The van der Waals surface area contributed by atoms with Crippen molar-refractivity contribution in [3.05, 3.63) is 29.3 Å². The lowest BCUT2D eigenvalue weighted by atomic mass is 10.1. The molecule has 74 valence electrons. The third-order valence-corrected chi connectivity index (χ3v) is 2.16. The van der Waals surface area contributed by atoms with Gasteiger partial charge in [0.15, 0.2) is 0 Å². The molecule has 0 radical (unpaired) electrons. The van der Waals surface area contributed by atoms with E-state index >= 15 is 0 Å². The van der Waals surface area contributed by atoms with Gasteiger partial charge in [-0.3, -0.25) is 0 Å². The molecule has 0 saturated carbocycles. The van der Waals surface area contributed by atoms with Crippen LogP contribution >= 0.6 is 0 Å². The normalized spacial score (nSPS) is 9.93. The van der Waals surface area contributed by atoms with E-state index < -0.39 is 0 Å². The summed E-state index contributed by atoms with van der Waals surface area (Å²) >= 11 is 0. The van der Waals surface area contributed by atoms with Crippen LogP contribution in [0.5, 0.6) is 0 Å². The van der Waals surface area contributed by atoms with Crippen molar-refractivity contribution < 1.29 is 0 Å². The van der Waals surface area contributed by atoms with E-state index in [-0.39, 0.29) is 0 Å². The number of anilines is 1. The van der Waals surface area contributed by atoms with Crippen LogP contribution in [-0.2, 0) is 0 Å². The van der Waals surface area contributed by atoms with Gasteiger partial charge in [0, 0.05) is 12.2 Å². The summed E-state index contributed by atoms with van der Waals surface area (Å²) in [6.45, 7) is 7.24. The molecule has 0 bridgehead atoms. The van der Waals surface area contributed by atoms with Gasteiger partial charge >= 0.3 is 0 Å². The Kier molecular flexibility index (Phi) is 3.53. The predicted molar refractivity (Wildman–Crippen MR) is 59.2 cm³/mol. The van der Waals surface area contributed by atoms with Crippen molar-refractivity contribution >= 4 is 5.69 Å². The summed E-state index contributed by atoms with van der Waals surface area (Å²) in [5, 5.41) is 12.2. The smallest absolute Gasteiger partial charge is 0.0995 e. The Balaban J connectivity index is 2.83. The second-order valence-corrected chi connectivity index (χ2v) is 3.86. The summed E-state index contributed by atoms with van der Waals surface area (Å²) in [7, 11) is 0. The Hall–Kier alpha value is -1.49. The third-order valence-electron chi connectivity index (χ3n) is 2.16. The molecule has 0 aromatic heterocycles. The largest absolute Gasteiger partial charge is 0.385 e. The lowest BCUT2D eigenvalue weighted by Gasteiger charge is -2.11. The molecule has 1 N–H and O–H groups in total. The van der Waals surface area contributed by atoms with Crippen molar-refractivity contribution in [1.82, 2.24) is 0 Å². The molecule has 2 nitrogen and oxygen atoms in total. The minimum atomic E-state index is 0.611. The van der Waals surface area contributed by atoms with Crippen molar-refractivity contribution in [3.8, 4) is 6.07 Å². The quantitative estimate of drug-likeness (QED) is 0.791. The SMILES string of the molecule is Cc1c(C#N)cccc1NCC(C)C. The van der Waals surface area contributed by atoms with Gasteiger partial charge in [0.05, 0.1) is 11.6 Å². The zero-order valence-electron chi connectivity index (χ0n) is 8.96. The molecule has 0 heterocycles. The second kappa shape index (κ2) is 4.66. The van der Waals surface area contributed by atoms with Gasteiger partial charge in [0.2, 0.25) is 0 Å². The average Bonchev–Trinajstić information content (AvgIpc) is 2.16. The first-order chi connectivity index (χ1) is 6.65. The molecule has 0 amide bonds. The van der Waals surface area contributed by atoms with Crippen LogP contribution in [0.25, 0.3) is 0 Å². The third kappa shape index (κ3) is 2.50. The summed E-state index contributed by atoms with van der Waals surface area (Å²) in [5.74, 6) is 0.611. The molecule has 1 aromatic rings. The first-order valence-corrected chi connectivity index (χ1v) is 4.88. The lowest BCUT2D eigenvalue weighted by Crippen LogP contribution is -2.09. The highest BCUT2D eigenvalue weighted by Crippen LogP contribution is 2.18. The standard InChI is InChI=1S/C12H16N2/c1-9(2)8-14-12-6-4-5-11(7-13)10(12)3/h4-6,9,14H,8H2,1-3H3. The minimum Gasteiger partial charge on any atom is -0.385 e. The van der Waals surface area contributed by atoms with Crippen molar-refractivity contribution in [2.24, 2.45) is 5.92 Å². The molecule has 0 spiro atoms. The highest BCUT2D eigenvalue weighted by atomic mass is 14.9. The number of nitrogens with one attached hydrogen (secondary N) is 1. The number of hydrogen-bond acceptors (Lipinski definition) is 2. The summed E-state index contributed by atoms with van der Waals surface area (Å²) < 4.78 is 0. The van der Waals surface area contributed by atoms with Crippen molar-refractivity contribution in [1.29, 1.82) is 5.26 Å². The average molecular weight is 188 g/mol. The van der Waals surface area contributed by atoms with Gasteiger partial charge in [-0.25, -0.2) is 0 Å². The Labute approximate surface area is 85.6 Å². The molecule has 0 fully saturated rings. The van der Waals surface area contributed by atoms with Crippen molar-refractivity contribution in [2.75, 3.05) is 11.9 Å². The van der Waals surface area contributed by atoms with E-state index in [1.54, 1.807) is 0 Å². The maximum Gasteiger partial charge on any atom is 0.0995 e. The van der Waals surface area contributed by atoms with Gasteiger partial charge in [-0.15, -0.1) is 0 Å². The Morgan fingerprint density at radius 1 is 1.43 bits per heavy atom. The van der Waals surface area contributed by atoms with Gasteiger partial charge in [0.25, 0.3) is 0 Å². The van der Waals surface area contributed by atoms with Gasteiger partial charge in [-0.05, 0) is 30.5 Å². The van der Waals surface area contributed by atoms with E-state index in [2.05, 4.69) is 25.2 Å². The number of hydrogen-bond donors (Lipinski definition) is 1. The highest BCUT2D eigenvalue weighted by Gasteiger charge is 2.02. The van der Waals surface area contributed by atoms with Crippen LogP contribution in [0, 0.1) is 24.2 Å². The summed E-state index contributed by atoms with van der Waals surface area (Å²) in [6, 6.07) is 7.95. The molecular formula is C12H16N2. The Bertz CT molecular complexity index is 348. The first-order valence-electron chi connectivity index (χ1n) is 4.88. The van der Waals surface area contributed by atoms with Crippen molar-refractivity contribution in [3.63, 3.8) is 0 Å². The molecule has 0 aliphatic carbocycles. The van der Waals surface area contributed by atoms with Gasteiger partial charge < -0.3 is 5.32 Å². The van der Waals surface area contributed by atoms with E-state index in [0.717, 1.165) is 23.4 Å². The lowest BCUT2D eigenvalue weighted by molar-refractivity contribution is 0.688. The summed E-state index contributed by atoms with van der Waals surface area (Å²) in [6.07, 6.45) is 0. The number of rotatable bonds is 3. The molecule has 0 aliphatic heterocycles. The van der Waals surface area contributed by atoms with E-state index in [9.17, 15) is 0 Å². The van der Waals surface area contributed by atoms with Crippen LogP contribution in [0.4, 0.5) is 5.69 Å². The van der Waals surface area contributed by atoms with Crippen LogP contribution in [0.15, 0.2) is 18.2 Å². The van der Waals surface area contributed by atoms with E-state index in [1.165, 1.54) is 0 Å². The monoisotopic (exact) mass is 188 g/mol. The molecule has 1 rings (SSSR count). The van der Waals surface area contributed by atoms with Crippen LogP contribution in [-0.4, -0.2) is 6.54 Å². The van der Waals surface area contributed by atoms with Crippen LogP contribution in [0.3, 0.4) is 0 Å². The predicted octanol–water partition coefficient (Wildman–Crippen LogP) is 2.93. The topological polar surface area (TPSA) is 35.8 Å².